The van der Waals surface area contributed by atoms with Gasteiger partial charge < -0.3 is 8.83 Å². The third kappa shape index (κ3) is 2.81. The molecule has 8 nitrogen and oxygen atoms in total. The number of benzene rings is 1. The number of thioether (sulfide) groups is 1. The summed E-state index contributed by atoms with van der Waals surface area (Å²) in [5.74, 6) is 1.58. The van der Waals surface area contributed by atoms with Gasteiger partial charge in [-0.1, -0.05) is 30.0 Å². The molecule has 3 aromatic heterocycles. The minimum absolute atomic E-state index is 0.0786. The molecule has 0 unspecified atom stereocenters. The number of rotatable bonds is 5. The summed E-state index contributed by atoms with van der Waals surface area (Å²) in [5.41, 5.74) is 0.895. The first-order valence-electron chi connectivity index (χ1n) is 7.19. The highest BCUT2D eigenvalue weighted by Crippen LogP contribution is 2.34. The Bertz CT molecular complexity index is 919. The van der Waals surface area contributed by atoms with E-state index in [1.165, 1.54) is 11.8 Å². The second-order valence-electron chi connectivity index (χ2n) is 4.89. The first kappa shape index (κ1) is 14.6. The molecule has 0 aliphatic carbocycles. The van der Waals surface area contributed by atoms with Gasteiger partial charge in [-0.15, -0.1) is 15.3 Å². The first-order valence-corrected chi connectivity index (χ1v) is 8.07. The van der Waals surface area contributed by atoms with Gasteiger partial charge in [0.1, 0.15) is 0 Å². The largest absolute Gasteiger partial charge is 0.459 e. The fourth-order valence-electron chi connectivity index (χ4n) is 2.16. The number of aromatic nitrogens is 6. The number of tetrazole rings is 1. The molecule has 0 amide bonds. The molecule has 0 fully saturated rings. The van der Waals surface area contributed by atoms with Gasteiger partial charge in [-0.25, -0.2) is 0 Å². The Morgan fingerprint density at radius 3 is 2.71 bits per heavy atom. The van der Waals surface area contributed by atoms with Crippen LogP contribution in [0, 0.1) is 0 Å². The zero-order chi connectivity index (χ0) is 16.4. The van der Waals surface area contributed by atoms with Crippen molar-refractivity contribution in [3.63, 3.8) is 0 Å². The van der Waals surface area contributed by atoms with Gasteiger partial charge in [-0.2, -0.15) is 4.68 Å². The van der Waals surface area contributed by atoms with Crippen LogP contribution in [0.1, 0.15) is 18.0 Å². The number of nitrogens with zero attached hydrogens (tertiary/aromatic N) is 6. The summed E-state index contributed by atoms with van der Waals surface area (Å²) in [7, 11) is 0. The minimum Gasteiger partial charge on any atom is -0.459 e. The average Bonchev–Trinajstić information content (AvgIpc) is 3.36. The standard InChI is InChI=1S/C15H12N6O2S/c1-10(13-16-19-20-21(13)11-6-3-2-4-7-11)24-15-18-17-14(23-15)12-8-5-9-22-12/h2-10H,1H3/t10-/m1/s1. The smallest absolute Gasteiger partial charge is 0.284 e. The number of para-hydroxylation sites is 1. The summed E-state index contributed by atoms with van der Waals surface area (Å²) in [6.07, 6.45) is 1.56. The number of hydrogen-bond donors (Lipinski definition) is 0. The van der Waals surface area contributed by atoms with Gasteiger partial charge in [-0.05, 0) is 41.6 Å². The zero-order valence-corrected chi connectivity index (χ0v) is 13.4. The van der Waals surface area contributed by atoms with Crippen LogP contribution < -0.4 is 0 Å². The van der Waals surface area contributed by atoms with Crippen LogP contribution in [-0.4, -0.2) is 30.4 Å². The van der Waals surface area contributed by atoms with Crippen LogP contribution in [0.15, 0.2) is 62.8 Å². The van der Waals surface area contributed by atoms with Gasteiger partial charge in [0.15, 0.2) is 11.6 Å². The molecule has 24 heavy (non-hydrogen) atoms. The van der Waals surface area contributed by atoms with E-state index in [0.717, 1.165) is 5.69 Å². The normalized spacial score (nSPS) is 12.4. The maximum atomic E-state index is 5.61. The number of furan rings is 1. The molecular weight excluding hydrogens is 328 g/mol. The molecule has 0 N–H and O–H groups in total. The molecule has 0 radical (unpaired) electrons. The first-order chi connectivity index (χ1) is 11.8. The van der Waals surface area contributed by atoms with Crippen molar-refractivity contribution in [1.82, 2.24) is 30.4 Å². The molecule has 0 bridgehead atoms. The molecule has 4 aromatic rings. The molecule has 0 saturated carbocycles. The molecule has 0 spiro atoms. The predicted octanol–water partition coefficient (Wildman–Crippen LogP) is 3.16. The van der Waals surface area contributed by atoms with E-state index in [1.807, 2.05) is 37.3 Å². The second-order valence-corrected chi connectivity index (χ2v) is 6.19. The molecule has 3 heterocycles. The van der Waals surface area contributed by atoms with Crippen LogP contribution in [0.3, 0.4) is 0 Å². The highest BCUT2D eigenvalue weighted by Gasteiger charge is 2.20. The molecule has 1 atom stereocenters. The van der Waals surface area contributed by atoms with E-state index in [-0.39, 0.29) is 5.25 Å². The van der Waals surface area contributed by atoms with Crippen molar-refractivity contribution in [3.8, 4) is 17.3 Å². The summed E-state index contributed by atoms with van der Waals surface area (Å²) in [4.78, 5) is 0. The topological polar surface area (TPSA) is 95.7 Å². The minimum atomic E-state index is -0.0786. The third-order valence-corrected chi connectivity index (χ3v) is 4.21. The van der Waals surface area contributed by atoms with Crippen molar-refractivity contribution in [2.75, 3.05) is 0 Å². The Morgan fingerprint density at radius 1 is 1.04 bits per heavy atom. The van der Waals surface area contributed by atoms with Crippen LogP contribution in [0.4, 0.5) is 0 Å². The molecular formula is C15H12N6O2S. The summed E-state index contributed by atoms with van der Waals surface area (Å²) >= 11 is 1.38. The Hall–Kier alpha value is -2.94. The quantitative estimate of drug-likeness (QED) is 0.511. The van der Waals surface area contributed by atoms with E-state index in [4.69, 9.17) is 8.83 Å². The summed E-state index contributed by atoms with van der Waals surface area (Å²) in [5, 5.41) is 20.3. The van der Waals surface area contributed by atoms with Crippen LogP contribution in [0.25, 0.3) is 17.3 Å². The molecule has 9 heteroatoms. The fourth-order valence-corrected chi connectivity index (χ4v) is 2.93. The van der Waals surface area contributed by atoms with Gasteiger partial charge >= 0.3 is 0 Å². The highest BCUT2D eigenvalue weighted by atomic mass is 32.2. The Kier molecular flexibility index (Phi) is 3.83. The molecule has 0 aliphatic heterocycles. The highest BCUT2D eigenvalue weighted by molar-refractivity contribution is 7.99. The lowest BCUT2D eigenvalue weighted by Gasteiger charge is -2.08. The molecule has 0 saturated heterocycles. The van der Waals surface area contributed by atoms with Crippen molar-refractivity contribution >= 4 is 11.8 Å². The van der Waals surface area contributed by atoms with Crippen molar-refractivity contribution < 1.29 is 8.83 Å². The molecule has 1 aromatic carbocycles. The van der Waals surface area contributed by atoms with Crippen LogP contribution in [0.2, 0.25) is 0 Å². The van der Waals surface area contributed by atoms with Gasteiger partial charge in [0.05, 0.1) is 17.2 Å². The van der Waals surface area contributed by atoms with Crippen molar-refractivity contribution in [2.45, 2.75) is 17.4 Å². The Morgan fingerprint density at radius 2 is 1.92 bits per heavy atom. The number of hydrogen-bond acceptors (Lipinski definition) is 8. The van der Waals surface area contributed by atoms with Gasteiger partial charge in [0.2, 0.25) is 0 Å². The maximum absolute atomic E-state index is 5.61. The van der Waals surface area contributed by atoms with E-state index < -0.39 is 0 Å². The SMILES string of the molecule is C[C@@H](Sc1nnc(-c2ccco2)o1)c1nnnn1-c1ccccc1. The van der Waals surface area contributed by atoms with Crippen LogP contribution >= 0.6 is 11.8 Å². The van der Waals surface area contributed by atoms with E-state index >= 15 is 0 Å². The van der Waals surface area contributed by atoms with Crippen molar-refractivity contribution in [1.29, 1.82) is 0 Å². The van der Waals surface area contributed by atoms with E-state index in [2.05, 4.69) is 25.7 Å². The Labute approximate surface area is 140 Å². The van der Waals surface area contributed by atoms with E-state index in [1.54, 1.807) is 23.1 Å². The maximum Gasteiger partial charge on any atom is 0.284 e. The molecule has 120 valence electrons. The lowest BCUT2D eigenvalue weighted by atomic mass is 10.3. The summed E-state index contributed by atoms with van der Waals surface area (Å²) in [6.45, 7) is 1.98. The van der Waals surface area contributed by atoms with E-state index in [9.17, 15) is 0 Å². The lowest BCUT2D eigenvalue weighted by molar-refractivity contribution is 0.446. The van der Waals surface area contributed by atoms with Crippen LogP contribution in [-0.2, 0) is 0 Å². The summed E-state index contributed by atoms with van der Waals surface area (Å²) < 4.78 is 12.6. The predicted molar refractivity (Wildman–Crippen MR) is 85.4 cm³/mol. The third-order valence-electron chi connectivity index (χ3n) is 3.27. The van der Waals surface area contributed by atoms with Crippen LogP contribution in [0.5, 0.6) is 0 Å². The molecule has 4 rings (SSSR count). The van der Waals surface area contributed by atoms with E-state index in [0.29, 0.717) is 22.7 Å². The lowest BCUT2D eigenvalue weighted by Crippen LogP contribution is -2.04. The Balaban J connectivity index is 1.55. The monoisotopic (exact) mass is 340 g/mol. The van der Waals surface area contributed by atoms with Crippen molar-refractivity contribution in [3.05, 3.63) is 54.6 Å². The summed E-state index contributed by atoms with van der Waals surface area (Å²) in [6, 6.07) is 13.2. The van der Waals surface area contributed by atoms with Crippen molar-refractivity contribution in [2.24, 2.45) is 0 Å². The zero-order valence-electron chi connectivity index (χ0n) is 12.6. The second kappa shape index (κ2) is 6.28. The fraction of sp³-hybridized carbons (Fsp3) is 0.133. The average molecular weight is 340 g/mol. The molecule has 0 aliphatic rings. The van der Waals surface area contributed by atoms with Gasteiger partial charge in [0, 0.05) is 0 Å². The van der Waals surface area contributed by atoms with Gasteiger partial charge in [-0.3, -0.25) is 0 Å². The van der Waals surface area contributed by atoms with Gasteiger partial charge in [0.25, 0.3) is 11.1 Å².